The molecule has 0 radical (unpaired) electrons. The molecule has 2 atom stereocenters. The van der Waals surface area contributed by atoms with E-state index in [9.17, 15) is 41.9 Å². The van der Waals surface area contributed by atoms with Crippen molar-refractivity contribution in [2.24, 2.45) is 0 Å². The molecule has 8 amide bonds. The van der Waals surface area contributed by atoms with Gasteiger partial charge in [0.05, 0.1) is 13.1 Å². The molecular formula is C19H21F3N8O6. The number of anilines is 2. The number of carbonyl (C=O) groups excluding carboxylic acids is 6. The quantitative estimate of drug-likeness (QED) is 0.350. The third-order valence-electron chi connectivity index (χ3n) is 5.33. The van der Waals surface area contributed by atoms with Crippen LogP contribution < -0.4 is 21.3 Å². The zero-order valence-corrected chi connectivity index (χ0v) is 18.9. The Morgan fingerprint density at radius 3 is 1.81 bits per heavy atom. The molecule has 0 aliphatic carbocycles. The maximum atomic E-state index is 13.5. The summed E-state index contributed by atoms with van der Waals surface area (Å²) in [6.07, 6.45) is -4.81. The zero-order valence-electron chi connectivity index (χ0n) is 18.9. The van der Waals surface area contributed by atoms with Crippen LogP contribution in [0.3, 0.4) is 0 Å². The van der Waals surface area contributed by atoms with Gasteiger partial charge in [-0.1, -0.05) is 13.8 Å². The van der Waals surface area contributed by atoms with Crippen molar-refractivity contribution in [1.82, 2.24) is 30.4 Å². The van der Waals surface area contributed by atoms with Crippen molar-refractivity contribution >= 4 is 47.5 Å². The van der Waals surface area contributed by atoms with Crippen LogP contribution in [0.5, 0.6) is 0 Å². The largest absolute Gasteiger partial charge is 0.421 e. The first-order chi connectivity index (χ1) is 16.9. The van der Waals surface area contributed by atoms with Gasteiger partial charge in [0.25, 0.3) is 11.8 Å². The third-order valence-corrected chi connectivity index (χ3v) is 5.33. The highest BCUT2D eigenvalue weighted by atomic mass is 19.4. The van der Waals surface area contributed by atoms with Gasteiger partial charge in [0.15, 0.2) is 5.82 Å². The fourth-order valence-electron chi connectivity index (χ4n) is 3.61. The summed E-state index contributed by atoms with van der Waals surface area (Å²) in [5.41, 5.74) is -1.46. The number of amides is 8. The van der Waals surface area contributed by atoms with E-state index in [0.29, 0.717) is 16.0 Å². The van der Waals surface area contributed by atoms with Gasteiger partial charge in [-0.3, -0.25) is 34.3 Å². The Kier molecular flexibility index (Phi) is 7.40. The van der Waals surface area contributed by atoms with Gasteiger partial charge in [-0.15, -0.1) is 0 Å². The summed E-state index contributed by atoms with van der Waals surface area (Å²) < 4.78 is 40.6. The van der Waals surface area contributed by atoms with Crippen LogP contribution in [0.1, 0.15) is 32.3 Å². The number of imide groups is 2. The van der Waals surface area contributed by atoms with E-state index >= 15 is 0 Å². The Morgan fingerprint density at radius 1 is 0.944 bits per heavy atom. The molecule has 3 heterocycles. The van der Waals surface area contributed by atoms with Crippen molar-refractivity contribution in [3.05, 3.63) is 11.8 Å². The minimum Gasteiger partial charge on any atom is -0.329 e. The van der Waals surface area contributed by atoms with Gasteiger partial charge in [-0.05, 0) is 12.8 Å². The molecule has 2 aliphatic heterocycles. The van der Waals surface area contributed by atoms with Gasteiger partial charge < -0.3 is 16.0 Å². The number of alkyl halides is 3. The van der Waals surface area contributed by atoms with Gasteiger partial charge in [0.2, 0.25) is 17.8 Å². The van der Waals surface area contributed by atoms with E-state index in [4.69, 9.17) is 0 Å². The van der Waals surface area contributed by atoms with E-state index in [2.05, 4.69) is 25.9 Å². The molecule has 1 aromatic heterocycles. The summed E-state index contributed by atoms with van der Waals surface area (Å²) in [4.78, 5) is 81.4. The molecule has 4 N–H and O–H groups in total. The lowest BCUT2D eigenvalue weighted by Crippen LogP contribution is -2.48. The van der Waals surface area contributed by atoms with Gasteiger partial charge in [0.1, 0.15) is 17.6 Å². The predicted molar refractivity (Wildman–Crippen MR) is 113 cm³/mol. The van der Waals surface area contributed by atoms with Crippen LogP contribution in [0.2, 0.25) is 0 Å². The minimum absolute atomic E-state index is 0.0146. The molecule has 17 heteroatoms. The average molecular weight is 514 g/mol. The first kappa shape index (κ1) is 26.3. The number of hydrogen-bond donors (Lipinski definition) is 4. The number of aromatic nitrogens is 2. The second-order valence-corrected chi connectivity index (χ2v) is 7.63. The number of rotatable bonds is 8. The number of halogens is 3. The van der Waals surface area contributed by atoms with Crippen LogP contribution in [0, 0.1) is 0 Å². The maximum absolute atomic E-state index is 13.5. The van der Waals surface area contributed by atoms with Crippen molar-refractivity contribution in [2.75, 3.05) is 23.7 Å². The highest BCUT2D eigenvalue weighted by molar-refractivity contribution is 6.08. The number of nitrogens with zero attached hydrogens (tertiary/aromatic N) is 4. The molecule has 0 saturated carbocycles. The summed E-state index contributed by atoms with van der Waals surface area (Å²) in [6.45, 7) is 2.27. The van der Waals surface area contributed by atoms with Crippen LogP contribution in [0.4, 0.5) is 34.5 Å². The van der Waals surface area contributed by atoms with Crippen LogP contribution in [-0.2, 0) is 25.4 Å². The lowest BCUT2D eigenvalue weighted by Gasteiger charge is -2.24. The lowest BCUT2D eigenvalue weighted by molar-refractivity contribution is -0.137. The van der Waals surface area contributed by atoms with Gasteiger partial charge in [-0.2, -0.15) is 18.2 Å². The summed E-state index contributed by atoms with van der Waals surface area (Å²) >= 11 is 0. The Hall–Kier alpha value is -4.31. The molecule has 194 valence electrons. The molecule has 0 spiro atoms. The normalized spacial score (nSPS) is 17.6. The topological polar surface area (TPSA) is 183 Å². The molecular weight excluding hydrogens is 493 g/mol. The summed E-state index contributed by atoms with van der Waals surface area (Å²) in [7, 11) is 0. The van der Waals surface area contributed by atoms with Crippen molar-refractivity contribution in [1.29, 1.82) is 0 Å². The monoisotopic (exact) mass is 514 g/mol. The van der Waals surface area contributed by atoms with Crippen LogP contribution in [0.25, 0.3) is 0 Å². The Morgan fingerprint density at radius 2 is 1.42 bits per heavy atom. The molecule has 2 aliphatic rings. The molecule has 0 bridgehead atoms. The second-order valence-electron chi connectivity index (χ2n) is 7.63. The number of nitrogens with one attached hydrogen (secondary N) is 4. The highest BCUT2D eigenvalue weighted by Crippen LogP contribution is 2.34. The molecule has 1 aromatic rings. The predicted octanol–water partition coefficient (Wildman–Crippen LogP) is 0.0332. The summed E-state index contributed by atoms with van der Waals surface area (Å²) in [5.74, 6) is -5.18. The molecule has 14 nitrogen and oxygen atoms in total. The van der Waals surface area contributed by atoms with Crippen LogP contribution in [0.15, 0.2) is 6.20 Å². The van der Waals surface area contributed by atoms with Gasteiger partial charge in [-0.25, -0.2) is 14.6 Å². The smallest absolute Gasteiger partial charge is 0.329 e. The van der Waals surface area contributed by atoms with Crippen molar-refractivity contribution in [3.8, 4) is 0 Å². The molecule has 2 unspecified atom stereocenters. The Labute approximate surface area is 201 Å². The molecule has 0 aromatic carbocycles. The summed E-state index contributed by atoms with van der Waals surface area (Å²) in [5, 5.41) is 8.54. The Balaban J connectivity index is 1.87. The molecule has 2 saturated heterocycles. The van der Waals surface area contributed by atoms with Crippen molar-refractivity contribution in [3.63, 3.8) is 0 Å². The maximum Gasteiger partial charge on any atom is 0.421 e. The van der Waals surface area contributed by atoms with Crippen LogP contribution in [-0.4, -0.2) is 80.6 Å². The SMILES string of the molecule is CCC(C(=O)Nc1ncc(C(F)(F)F)c(NC(=O)C(CC)N2C(=O)CNC2=O)n1)N1C(=O)CNC1=O. The van der Waals surface area contributed by atoms with E-state index in [-0.39, 0.29) is 25.9 Å². The molecule has 3 rings (SSSR count). The van der Waals surface area contributed by atoms with E-state index in [1.54, 1.807) is 0 Å². The van der Waals surface area contributed by atoms with Crippen molar-refractivity contribution in [2.45, 2.75) is 44.9 Å². The van der Waals surface area contributed by atoms with Crippen LogP contribution >= 0.6 is 0 Å². The second kappa shape index (κ2) is 10.1. The highest BCUT2D eigenvalue weighted by Gasteiger charge is 2.41. The van der Waals surface area contributed by atoms with E-state index < -0.39 is 71.3 Å². The van der Waals surface area contributed by atoms with Gasteiger partial charge in [0, 0.05) is 6.20 Å². The van der Waals surface area contributed by atoms with Gasteiger partial charge >= 0.3 is 18.2 Å². The molecule has 2 fully saturated rings. The Bertz CT molecular complexity index is 1090. The number of hydrogen-bond acceptors (Lipinski definition) is 8. The number of urea groups is 2. The third kappa shape index (κ3) is 5.18. The summed E-state index contributed by atoms with van der Waals surface area (Å²) in [6, 6.07) is -4.42. The van der Waals surface area contributed by atoms with E-state index in [1.165, 1.54) is 13.8 Å². The average Bonchev–Trinajstić information content (AvgIpc) is 3.30. The van der Waals surface area contributed by atoms with Crippen molar-refractivity contribution < 1.29 is 41.9 Å². The fraction of sp³-hybridized carbons (Fsp3) is 0.474. The zero-order chi connectivity index (χ0) is 26.8. The first-order valence-corrected chi connectivity index (χ1v) is 10.6. The minimum atomic E-state index is -5.01. The molecule has 36 heavy (non-hydrogen) atoms. The number of carbonyl (C=O) groups is 6. The standard InChI is InChI=1S/C19H21F3N8O6/c1-3-9(29-11(31)6-24-17(29)35)14(33)26-13-8(19(20,21)22)5-23-16(27-13)28-15(34)10(4-2)30-12(32)7-25-18(30)36/h5,9-10H,3-4,6-7H2,1-2H3,(H,24,35)(H,25,36)(H2,23,26,27,28,33,34). The lowest BCUT2D eigenvalue weighted by atomic mass is 10.1. The first-order valence-electron chi connectivity index (χ1n) is 10.6. The van der Waals surface area contributed by atoms with E-state index in [0.717, 1.165) is 0 Å². The van der Waals surface area contributed by atoms with E-state index in [1.807, 2.05) is 5.32 Å². The fourth-order valence-corrected chi connectivity index (χ4v) is 3.61.